The molecule has 4 rings (SSSR count). The maximum Gasteiger partial charge on any atom is 0.0577 e. The van der Waals surface area contributed by atoms with Gasteiger partial charge in [-0.05, 0) is 97.7 Å². The SMILES string of the molecule is [2H]C[C@H](C)CCC[C@@H](C)C1C([2H])CC2C3CC=C4CC(O)CCC4(C)C3CCC21C. The fourth-order valence-corrected chi connectivity index (χ4v) is 8.26. The van der Waals surface area contributed by atoms with E-state index in [0.29, 0.717) is 41.4 Å². The third-order valence-electron chi connectivity index (χ3n) is 9.89. The number of fused-ring (bicyclic) bond motifs is 5. The predicted molar refractivity (Wildman–Crippen MR) is 119 cm³/mol. The summed E-state index contributed by atoms with van der Waals surface area (Å²) in [5.74, 6) is 3.92. The molecule has 28 heavy (non-hydrogen) atoms. The van der Waals surface area contributed by atoms with Crippen LogP contribution in [-0.2, 0) is 0 Å². The summed E-state index contributed by atoms with van der Waals surface area (Å²) in [5, 5.41) is 10.2. The van der Waals surface area contributed by atoms with Crippen molar-refractivity contribution < 1.29 is 7.85 Å². The molecule has 0 amide bonds. The average molecular weight is 389 g/mol. The fraction of sp³-hybridized carbons (Fsp3) is 0.926. The van der Waals surface area contributed by atoms with Crippen molar-refractivity contribution in [2.75, 3.05) is 0 Å². The van der Waals surface area contributed by atoms with Crippen LogP contribution in [0.1, 0.15) is 108 Å². The standard InChI is InChI=1S/C27H46O/c1-18(2)7-6-8-19(3)23-11-12-24-22-10-9-20-17-21(28)13-15-26(20,4)25(22)14-16-27(23,24)5/h9,18-19,21-25,28H,6-8,10-17H2,1-5H3/t19-,21?,22?,23?,24?,25?,26?,27?/m1/s1/i1D,11D/t11?,18-,19-,21?,22?,23?,24?,25?,26?,27?. The summed E-state index contributed by atoms with van der Waals surface area (Å²) in [6.45, 7) is 10.2. The molecule has 0 aliphatic heterocycles. The lowest BCUT2D eigenvalue weighted by Gasteiger charge is -2.58. The maximum absolute atomic E-state index is 10.2. The number of hydrogen-bond acceptors (Lipinski definition) is 1. The lowest BCUT2D eigenvalue weighted by Crippen LogP contribution is -2.50. The van der Waals surface area contributed by atoms with Gasteiger partial charge in [-0.1, -0.05) is 65.5 Å². The summed E-state index contributed by atoms with van der Waals surface area (Å²) < 4.78 is 16.7. The molecule has 0 saturated heterocycles. The Hall–Kier alpha value is -0.300. The molecule has 1 nitrogen and oxygen atoms in total. The molecule has 4 aliphatic rings. The van der Waals surface area contributed by atoms with E-state index >= 15 is 0 Å². The Morgan fingerprint density at radius 2 is 2.00 bits per heavy atom. The van der Waals surface area contributed by atoms with Crippen LogP contribution in [0.4, 0.5) is 0 Å². The summed E-state index contributed by atoms with van der Waals surface area (Å²) in [7, 11) is 0. The first-order chi connectivity index (χ1) is 14.2. The van der Waals surface area contributed by atoms with Gasteiger partial charge in [0, 0.05) is 2.74 Å². The summed E-state index contributed by atoms with van der Waals surface area (Å²) in [6, 6.07) is 0. The summed E-state index contributed by atoms with van der Waals surface area (Å²) in [5.41, 5.74) is 2.20. The van der Waals surface area contributed by atoms with E-state index in [0.717, 1.165) is 37.5 Å². The van der Waals surface area contributed by atoms with Crippen LogP contribution in [0.2, 0.25) is 0 Å². The Bertz CT molecular complexity index is 647. The van der Waals surface area contributed by atoms with Gasteiger partial charge in [-0.25, -0.2) is 0 Å². The number of rotatable bonds is 5. The van der Waals surface area contributed by atoms with Gasteiger partial charge in [-0.2, -0.15) is 0 Å². The van der Waals surface area contributed by atoms with E-state index in [4.69, 9.17) is 2.74 Å². The van der Waals surface area contributed by atoms with Crippen LogP contribution in [0.3, 0.4) is 0 Å². The van der Waals surface area contributed by atoms with Gasteiger partial charge in [0.15, 0.2) is 0 Å². The van der Waals surface area contributed by atoms with Crippen LogP contribution in [0, 0.1) is 46.3 Å². The third-order valence-corrected chi connectivity index (χ3v) is 9.89. The molecule has 8 unspecified atom stereocenters. The van der Waals surface area contributed by atoms with Crippen LogP contribution >= 0.6 is 0 Å². The number of hydrogen-bond donors (Lipinski definition) is 1. The van der Waals surface area contributed by atoms with E-state index in [1.54, 1.807) is 5.57 Å². The Morgan fingerprint density at radius 1 is 1.18 bits per heavy atom. The zero-order valence-corrected chi connectivity index (χ0v) is 18.9. The molecule has 0 heterocycles. The van der Waals surface area contributed by atoms with E-state index in [1.807, 2.05) is 0 Å². The van der Waals surface area contributed by atoms with E-state index in [-0.39, 0.29) is 12.5 Å². The zero-order valence-electron chi connectivity index (χ0n) is 20.9. The largest absolute Gasteiger partial charge is 0.393 e. The van der Waals surface area contributed by atoms with Gasteiger partial charge < -0.3 is 5.11 Å². The Labute approximate surface area is 177 Å². The highest BCUT2D eigenvalue weighted by Gasteiger charge is 2.59. The van der Waals surface area contributed by atoms with Gasteiger partial charge in [-0.3, -0.25) is 0 Å². The van der Waals surface area contributed by atoms with Crippen molar-refractivity contribution in [1.29, 1.82) is 0 Å². The molecule has 10 atom stereocenters. The van der Waals surface area contributed by atoms with Gasteiger partial charge in [0.25, 0.3) is 0 Å². The van der Waals surface area contributed by atoms with Gasteiger partial charge in [-0.15, -0.1) is 0 Å². The van der Waals surface area contributed by atoms with E-state index < -0.39 is 0 Å². The second kappa shape index (κ2) is 7.75. The summed E-state index contributed by atoms with van der Waals surface area (Å²) >= 11 is 0. The smallest absolute Gasteiger partial charge is 0.0577 e. The van der Waals surface area contributed by atoms with Gasteiger partial charge in [0.1, 0.15) is 0 Å². The molecule has 0 aromatic heterocycles. The van der Waals surface area contributed by atoms with Gasteiger partial charge >= 0.3 is 0 Å². The number of aliphatic hydroxyl groups excluding tert-OH is 1. The Morgan fingerprint density at radius 3 is 2.79 bits per heavy atom. The maximum atomic E-state index is 10.2. The van der Waals surface area contributed by atoms with Crippen molar-refractivity contribution in [2.24, 2.45) is 46.3 Å². The molecule has 0 spiro atoms. The zero-order chi connectivity index (χ0) is 21.7. The molecule has 1 N–H and O–H groups in total. The number of allylic oxidation sites excluding steroid dienone is 1. The average Bonchev–Trinajstić information content (AvgIpc) is 2.98. The second-order valence-corrected chi connectivity index (χ2v) is 11.7. The minimum atomic E-state index is -0.123. The third kappa shape index (κ3) is 3.42. The molecule has 0 aromatic rings. The van der Waals surface area contributed by atoms with Crippen LogP contribution in [-0.4, -0.2) is 11.2 Å². The monoisotopic (exact) mass is 388 g/mol. The molecular formula is C27H46O. The molecule has 0 bridgehead atoms. The van der Waals surface area contributed by atoms with E-state index in [1.165, 1.54) is 38.5 Å². The van der Waals surface area contributed by atoms with Gasteiger partial charge in [0.2, 0.25) is 0 Å². The molecule has 0 radical (unpaired) electrons. The molecule has 3 saturated carbocycles. The van der Waals surface area contributed by atoms with E-state index in [2.05, 4.69) is 33.8 Å². The first-order valence-electron chi connectivity index (χ1n) is 13.6. The van der Waals surface area contributed by atoms with Gasteiger partial charge in [0.05, 0.1) is 6.10 Å². The minimum Gasteiger partial charge on any atom is -0.393 e. The fourth-order valence-electron chi connectivity index (χ4n) is 8.26. The highest BCUT2D eigenvalue weighted by molar-refractivity contribution is 5.25. The predicted octanol–water partition coefficient (Wildman–Crippen LogP) is 7.39. The van der Waals surface area contributed by atoms with Crippen molar-refractivity contribution in [3.05, 3.63) is 11.6 Å². The van der Waals surface area contributed by atoms with Crippen molar-refractivity contribution in [1.82, 2.24) is 0 Å². The highest BCUT2D eigenvalue weighted by Crippen LogP contribution is 2.67. The minimum absolute atomic E-state index is 0.105. The Kier molecular flexibility index (Phi) is 5.11. The van der Waals surface area contributed by atoms with Crippen molar-refractivity contribution >= 4 is 0 Å². The first kappa shape index (κ1) is 18.5. The lowest BCUT2D eigenvalue weighted by atomic mass is 9.47. The second-order valence-electron chi connectivity index (χ2n) is 11.7. The first-order valence-corrected chi connectivity index (χ1v) is 12.3. The van der Waals surface area contributed by atoms with Crippen molar-refractivity contribution in [2.45, 2.75) is 111 Å². The van der Waals surface area contributed by atoms with Crippen molar-refractivity contribution in [3.8, 4) is 0 Å². The van der Waals surface area contributed by atoms with E-state index in [9.17, 15) is 5.11 Å². The van der Waals surface area contributed by atoms with Crippen LogP contribution in [0.5, 0.6) is 0 Å². The normalized spacial score (nSPS) is 51.1. The summed E-state index contributed by atoms with van der Waals surface area (Å²) in [4.78, 5) is 0. The quantitative estimate of drug-likeness (QED) is 0.487. The molecular weight excluding hydrogens is 340 g/mol. The molecule has 0 aromatic carbocycles. The van der Waals surface area contributed by atoms with Crippen LogP contribution in [0.15, 0.2) is 11.6 Å². The topological polar surface area (TPSA) is 20.2 Å². The molecule has 1 heteroatoms. The Balaban J connectivity index is 1.50. The highest BCUT2D eigenvalue weighted by atomic mass is 16.3. The summed E-state index contributed by atoms with van der Waals surface area (Å²) in [6.07, 6.45) is 14.1. The molecule has 3 fully saturated rings. The lowest BCUT2D eigenvalue weighted by molar-refractivity contribution is -0.0573. The molecule has 160 valence electrons. The van der Waals surface area contributed by atoms with Crippen LogP contribution in [0.25, 0.3) is 0 Å². The molecule has 4 aliphatic carbocycles. The van der Waals surface area contributed by atoms with Crippen molar-refractivity contribution in [3.63, 3.8) is 0 Å². The van der Waals surface area contributed by atoms with Crippen LogP contribution < -0.4 is 0 Å². The number of aliphatic hydroxyl groups is 1.